The summed E-state index contributed by atoms with van der Waals surface area (Å²) in [7, 11) is 0. The molecular formula is C39H45N5O4. The van der Waals surface area contributed by atoms with E-state index in [1.807, 2.05) is 68.6 Å². The molecule has 4 aromatic rings. The summed E-state index contributed by atoms with van der Waals surface area (Å²) in [5, 5.41) is 15.6. The number of nitrogens with zero attached hydrogens (tertiary/aromatic N) is 5. The smallest absolute Gasteiger partial charge is 0.337 e. The molecular weight excluding hydrogens is 602 g/mol. The zero-order valence-electron chi connectivity index (χ0n) is 28.8. The maximum absolute atomic E-state index is 12.8. The van der Waals surface area contributed by atoms with Crippen LogP contribution in [0.25, 0.3) is 32.9 Å². The standard InChI is InChI=1S/C39H45N5O4/c1-25-12-9-8-10-17-39(6)18-20-43(21-19-39)36-34(35(37(45)46)48-38(3,4)5)26(2)41-33-24-31(42-44(33)36)28-14-11-13-27(22-28)30-23-29(40-7)15-16-32(30)47-25/h8-9,11,13-16,22-25,35H,10,12,17-21H2,1-6H3,(H,45,46)/b9-8-/t25?,35-/m0/s1. The van der Waals surface area contributed by atoms with Crippen LogP contribution in [0.15, 0.2) is 60.7 Å². The Morgan fingerprint density at radius 3 is 2.56 bits per heavy atom. The molecule has 0 radical (unpaired) electrons. The van der Waals surface area contributed by atoms with Gasteiger partial charge in [-0.1, -0.05) is 43.3 Å². The molecule has 48 heavy (non-hydrogen) atoms. The molecule has 2 atom stereocenters. The van der Waals surface area contributed by atoms with Crippen molar-refractivity contribution >= 4 is 23.1 Å². The number of carbonyl (C=O) groups is 1. The summed E-state index contributed by atoms with van der Waals surface area (Å²) in [5.74, 6) is 0.396. The highest BCUT2D eigenvalue weighted by Gasteiger charge is 2.37. The Bertz CT molecular complexity index is 1910. The van der Waals surface area contributed by atoms with Gasteiger partial charge in [0.1, 0.15) is 11.6 Å². The van der Waals surface area contributed by atoms with Gasteiger partial charge in [-0.15, -0.1) is 0 Å². The second kappa shape index (κ2) is 13.1. The average molecular weight is 648 g/mol. The number of allylic oxidation sites excluding steroid dienone is 1. The first kappa shape index (κ1) is 33.2. The normalized spacial score (nSPS) is 21.3. The molecule has 0 aliphatic carbocycles. The molecule has 3 aliphatic rings. The molecule has 7 rings (SSSR count). The van der Waals surface area contributed by atoms with Crippen molar-refractivity contribution in [1.29, 1.82) is 0 Å². The Kier molecular flexibility index (Phi) is 9.06. The third kappa shape index (κ3) is 6.95. The van der Waals surface area contributed by atoms with Crippen molar-refractivity contribution in [3.8, 4) is 28.1 Å². The average Bonchev–Trinajstić information content (AvgIpc) is 3.46. The van der Waals surface area contributed by atoms with E-state index in [1.165, 1.54) is 0 Å². The molecule has 0 saturated carbocycles. The molecule has 1 unspecified atom stereocenters. The lowest BCUT2D eigenvalue weighted by molar-refractivity contribution is -0.160. The molecule has 0 spiro atoms. The van der Waals surface area contributed by atoms with E-state index in [1.54, 1.807) is 6.07 Å². The molecule has 1 saturated heterocycles. The van der Waals surface area contributed by atoms with Gasteiger partial charge in [0.05, 0.1) is 29.5 Å². The van der Waals surface area contributed by atoms with Gasteiger partial charge < -0.3 is 19.5 Å². The minimum absolute atomic E-state index is 0.0383. The Labute approximate surface area is 283 Å². The van der Waals surface area contributed by atoms with E-state index in [2.05, 4.69) is 41.8 Å². The lowest BCUT2D eigenvalue weighted by Crippen LogP contribution is -2.41. The van der Waals surface area contributed by atoms with Crippen LogP contribution in [0.1, 0.15) is 84.1 Å². The molecule has 5 heterocycles. The van der Waals surface area contributed by atoms with Crippen LogP contribution in [0.5, 0.6) is 5.75 Å². The zero-order valence-corrected chi connectivity index (χ0v) is 28.8. The Morgan fingerprint density at radius 2 is 1.85 bits per heavy atom. The van der Waals surface area contributed by atoms with Crippen molar-refractivity contribution in [2.45, 2.75) is 91.5 Å². The maximum atomic E-state index is 12.8. The number of rotatable bonds is 3. The van der Waals surface area contributed by atoms with Crippen molar-refractivity contribution in [2.24, 2.45) is 5.41 Å². The molecule has 0 amide bonds. The van der Waals surface area contributed by atoms with Crippen LogP contribution in [-0.2, 0) is 9.53 Å². The van der Waals surface area contributed by atoms with E-state index in [4.69, 9.17) is 26.1 Å². The highest BCUT2D eigenvalue weighted by atomic mass is 16.5. The molecule has 1 fully saturated rings. The summed E-state index contributed by atoms with van der Waals surface area (Å²) in [6, 6.07) is 15.6. The first-order chi connectivity index (χ1) is 22.8. The molecule has 9 nitrogen and oxygen atoms in total. The number of piperidine rings is 1. The second-order valence-corrected chi connectivity index (χ2v) is 14.5. The maximum Gasteiger partial charge on any atom is 0.337 e. The van der Waals surface area contributed by atoms with Crippen molar-refractivity contribution < 1.29 is 19.4 Å². The van der Waals surface area contributed by atoms with Gasteiger partial charge in [-0.25, -0.2) is 14.6 Å². The molecule has 1 N–H and O–H groups in total. The molecule has 250 valence electrons. The monoisotopic (exact) mass is 647 g/mol. The molecule has 9 heteroatoms. The number of ether oxygens (including phenoxy) is 2. The van der Waals surface area contributed by atoms with Gasteiger partial charge in [-0.3, -0.25) is 0 Å². The van der Waals surface area contributed by atoms with Crippen molar-refractivity contribution in [3.05, 3.63) is 83.4 Å². The van der Waals surface area contributed by atoms with Gasteiger partial charge in [0.15, 0.2) is 17.4 Å². The molecule has 2 aromatic heterocycles. The summed E-state index contributed by atoms with van der Waals surface area (Å²) >= 11 is 0. The predicted octanol–water partition coefficient (Wildman–Crippen LogP) is 8.98. The van der Waals surface area contributed by atoms with E-state index >= 15 is 0 Å². The molecule has 2 aromatic carbocycles. The first-order valence-corrected chi connectivity index (χ1v) is 16.8. The van der Waals surface area contributed by atoms with Crippen LogP contribution in [0.4, 0.5) is 11.5 Å². The summed E-state index contributed by atoms with van der Waals surface area (Å²) in [5.41, 5.74) is 5.13. The summed E-state index contributed by atoms with van der Waals surface area (Å²) < 4.78 is 14.5. The van der Waals surface area contributed by atoms with Crippen LogP contribution in [0, 0.1) is 18.9 Å². The predicted molar refractivity (Wildman–Crippen MR) is 189 cm³/mol. The van der Waals surface area contributed by atoms with Crippen molar-refractivity contribution in [1.82, 2.24) is 14.6 Å². The number of carboxylic acids is 1. The number of anilines is 1. The van der Waals surface area contributed by atoms with Crippen LogP contribution in [0.2, 0.25) is 0 Å². The van der Waals surface area contributed by atoms with Crippen LogP contribution < -0.4 is 9.64 Å². The van der Waals surface area contributed by atoms with E-state index in [9.17, 15) is 9.90 Å². The minimum Gasteiger partial charge on any atom is -0.490 e. The number of fused-ring (bicyclic) bond motifs is 7. The minimum atomic E-state index is -1.22. The van der Waals surface area contributed by atoms with E-state index in [0.29, 0.717) is 28.3 Å². The summed E-state index contributed by atoms with van der Waals surface area (Å²) in [4.78, 5) is 23.7. The molecule has 6 bridgehead atoms. The van der Waals surface area contributed by atoms with Crippen molar-refractivity contribution in [3.63, 3.8) is 0 Å². The summed E-state index contributed by atoms with van der Waals surface area (Å²) in [6.07, 6.45) is 8.01. The Morgan fingerprint density at radius 1 is 1.10 bits per heavy atom. The fourth-order valence-corrected chi connectivity index (χ4v) is 6.83. The number of aliphatic carboxylic acids is 1. The van der Waals surface area contributed by atoms with Gasteiger partial charge in [-0.2, -0.15) is 9.61 Å². The van der Waals surface area contributed by atoms with E-state index in [0.717, 1.165) is 73.5 Å². The topological polar surface area (TPSA) is 93.5 Å². The third-order valence-corrected chi connectivity index (χ3v) is 9.47. The number of carboxylic acid groups (broad SMARTS) is 1. The highest BCUT2D eigenvalue weighted by molar-refractivity contribution is 5.81. The lowest BCUT2D eigenvalue weighted by Gasteiger charge is -2.41. The molecule has 3 aliphatic heterocycles. The van der Waals surface area contributed by atoms with Crippen LogP contribution >= 0.6 is 0 Å². The second-order valence-electron chi connectivity index (χ2n) is 14.5. The van der Waals surface area contributed by atoms with Gasteiger partial charge in [-0.05, 0) is 89.5 Å². The Hall–Kier alpha value is -4.68. The Balaban J connectivity index is 1.55. The van der Waals surface area contributed by atoms with Crippen molar-refractivity contribution in [2.75, 3.05) is 18.0 Å². The van der Waals surface area contributed by atoms with E-state index < -0.39 is 17.7 Å². The van der Waals surface area contributed by atoms with Gasteiger partial charge in [0, 0.05) is 42.4 Å². The number of hydrogen-bond donors (Lipinski definition) is 1. The van der Waals surface area contributed by atoms with Crippen LogP contribution in [0.3, 0.4) is 0 Å². The zero-order chi connectivity index (χ0) is 34.2. The summed E-state index contributed by atoms with van der Waals surface area (Å²) in [6.45, 7) is 21.1. The van der Waals surface area contributed by atoms with Gasteiger partial charge >= 0.3 is 5.97 Å². The number of aryl methyl sites for hydroxylation is 1. The van der Waals surface area contributed by atoms with Crippen LogP contribution in [-0.4, -0.2) is 50.5 Å². The quantitative estimate of drug-likeness (QED) is 0.175. The fourth-order valence-electron chi connectivity index (χ4n) is 6.83. The van der Waals surface area contributed by atoms with E-state index in [-0.39, 0.29) is 11.5 Å². The largest absolute Gasteiger partial charge is 0.490 e. The fraction of sp³-hybridized carbons (Fsp3) is 0.436. The SMILES string of the molecule is [C-]#[N+]c1ccc2c(c1)-c1cccc(c1)-c1cc3nc(C)c([C@H](OC(C)(C)C)C(=O)O)c(n3n1)N1CCC(C)(CC/C=C\CC(C)O2)CC1. The van der Waals surface area contributed by atoms with Gasteiger partial charge in [0.25, 0.3) is 0 Å². The highest BCUT2D eigenvalue weighted by Crippen LogP contribution is 2.42. The third-order valence-electron chi connectivity index (χ3n) is 9.47. The lowest BCUT2D eigenvalue weighted by atomic mass is 9.76. The number of benzene rings is 2. The first-order valence-electron chi connectivity index (χ1n) is 16.8. The van der Waals surface area contributed by atoms with Gasteiger partial charge in [0.2, 0.25) is 0 Å². The number of hydrogen-bond acceptors (Lipinski definition) is 6. The number of aromatic nitrogens is 3.